The summed E-state index contributed by atoms with van der Waals surface area (Å²) in [4.78, 5) is 38.0. The highest BCUT2D eigenvalue weighted by Gasteiger charge is 2.08. The van der Waals surface area contributed by atoms with E-state index in [-0.39, 0.29) is 11.2 Å². The number of hydrogen-bond donors (Lipinski definition) is 3. The molecule has 0 fully saturated rings. The van der Waals surface area contributed by atoms with Gasteiger partial charge in [0.2, 0.25) is 5.95 Å². The van der Waals surface area contributed by atoms with Crippen molar-refractivity contribution in [3.05, 3.63) is 57.4 Å². The molecule has 3 aromatic heterocycles. The maximum Gasteiger partial charge on any atom is 0.323 e. The molecule has 4 rings (SSSR count). The zero-order chi connectivity index (χ0) is 18.8. The minimum absolute atomic E-state index is 0.0606. The molecule has 3 N–H and O–H groups in total. The van der Waals surface area contributed by atoms with Gasteiger partial charge in [0.15, 0.2) is 0 Å². The van der Waals surface area contributed by atoms with Gasteiger partial charge >= 0.3 is 5.69 Å². The Morgan fingerprint density at radius 2 is 1.93 bits per heavy atom. The van der Waals surface area contributed by atoms with Crippen molar-refractivity contribution in [2.45, 2.75) is 32.7 Å². The number of benzene rings is 1. The van der Waals surface area contributed by atoms with Crippen molar-refractivity contribution >= 4 is 33.7 Å². The molecular formula is C19H20N6O2. The Morgan fingerprint density at radius 1 is 1.07 bits per heavy atom. The van der Waals surface area contributed by atoms with Gasteiger partial charge in [-0.25, -0.2) is 9.78 Å². The van der Waals surface area contributed by atoms with Gasteiger partial charge in [-0.15, -0.1) is 0 Å². The third kappa shape index (κ3) is 3.46. The maximum atomic E-state index is 12.3. The molecule has 0 saturated carbocycles. The summed E-state index contributed by atoms with van der Waals surface area (Å²) in [6.07, 6.45) is 4.79. The number of anilines is 2. The Hall–Kier alpha value is -3.42. The van der Waals surface area contributed by atoms with E-state index in [2.05, 4.69) is 32.2 Å². The van der Waals surface area contributed by atoms with E-state index in [1.54, 1.807) is 35.0 Å². The van der Waals surface area contributed by atoms with Crippen molar-refractivity contribution in [1.29, 1.82) is 0 Å². The molecule has 0 bridgehead atoms. The molecule has 0 amide bonds. The normalized spacial score (nSPS) is 11.3. The number of H-pyrrole nitrogens is 2. The number of unbranched alkanes of at least 4 members (excludes halogenated alkanes) is 2. The summed E-state index contributed by atoms with van der Waals surface area (Å²) in [6, 6.07) is 8.74. The lowest BCUT2D eigenvalue weighted by molar-refractivity contribution is 0.599. The molecule has 0 saturated heterocycles. The number of fused-ring (bicyclic) bond motifs is 2. The van der Waals surface area contributed by atoms with Crippen molar-refractivity contribution < 1.29 is 0 Å². The van der Waals surface area contributed by atoms with Gasteiger partial charge < -0.3 is 15.3 Å². The molecule has 0 spiro atoms. The number of nitrogens with one attached hydrogen (secondary N) is 3. The Morgan fingerprint density at radius 3 is 2.78 bits per heavy atom. The minimum Gasteiger partial charge on any atom is -0.324 e. The lowest BCUT2D eigenvalue weighted by atomic mass is 10.2. The van der Waals surface area contributed by atoms with E-state index in [1.807, 2.05) is 6.07 Å². The van der Waals surface area contributed by atoms with E-state index >= 15 is 0 Å². The highest BCUT2D eigenvalue weighted by Crippen LogP contribution is 2.19. The first-order chi connectivity index (χ1) is 13.1. The number of rotatable bonds is 6. The van der Waals surface area contributed by atoms with Crippen LogP contribution in [0.15, 0.2) is 46.1 Å². The third-order valence-electron chi connectivity index (χ3n) is 4.48. The lowest BCUT2D eigenvalue weighted by Crippen LogP contribution is -2.20. The largest absolute Gasteiger partial charge is 0.324 e. The van der Waals surface area contributed by atoms with Crippen LogP contribution in [0.4, 0.5) is 11.6 Å². The third-order valence-corrected chi connectivity index (χ3v) is 4.48. The average Bonchev–Trinajstić information content (AvgIpc) is 3.03. The summed E-state index contributed by atoms with van der Waals surface area (Å²) in [7, 11) is 0. The second kappa shape index (κ2) is 7.06. The predicted molar refractivity (Wildman–Crippen MR) is 106 cm³/mol. The van der Waals surface area contributed by atoms with Gasteiger partial charge in [0.25, 0.3) is 5.56 Å². The van der Waals surface area contributed by atoms with Crippen LogP contribution in [0, 0.1) is 0 Å². The molecule has 0 aliphatic heterocycles. The van der Waals surface area contributed by atoms with Crippen LogP contribution in [0.5, 0.6) is 0 Å². The Kier molecular flexibility index (Phi) is 4.45. The summed E-state index contributed by atoms with van der Waals surface area (Å²) in [5, 5.41) is 3.96. The van der Waals surface area contributed by atoms with Crippen LogP contribution in [-0.2, 0) is 6.54 Å². The topological polar surface area (TPSA) is 108 Å². The highest BCUT2D eigenvalue weighted by molar-refractivity contribution is 5.80. The molecular weight excluding hydrogens is 344 g/mol. The van der Waals surface area contributed by atoms with Crippen LogP contribution in [-0.4, -0.2) is 24.5 Å². The first kappa shape index (κ1) is 17.0. The van der Waals surface area contributed by atoms with E-state index in [4.69, 9.17) is 0 Å². The number of hydrogen-bond acceptors (Lipinski definition) is 5. The molecule has 0 atom stereocenters. The molecule has 1 aromatic carbocycles. The fourth-order valence-corrected chi connectivity index (χ4v) is 3.11. The SMILES string of the molecule is CCCCCn1c(=O)ccc2cnc(Nc3ccc4[nH]c(=O)[nH]c4c3)nc21. The van der Waals surface area contributed by atoms with Crippen LogP contribution in [0.25, 0.3) is 22.1 Å². The van der Waals surface area contributed by atoms with Crippen molar-refractivity contribution in [3.63, 3.8) is 0 Å². The van der Waals surface area contributed by atoms with E-state index in [0.717, 1.165) is 35.9 Å². The molecule has 138 valence electrons. The quantitative estimate of drug-likeness (QED) is 0.456. The number of aryl methyl sites for hydroxylation is 1. The smallest absolute Gasteiger partial charge is 0.323 e. The lowest BCUT2D eigenvalue weighted by Gasteiger charge is -2.11. The first-order valence-corrected chi connectivity index (χ1v) is 9.00. The monoisotopic (exact) mass is 364 g/mol. The van der Waals surface area contributed by atoms with Gasteiger partial charge in [0, 0.05) is 29.9 Å². The maximum absolute atomic E-state index is 12.3. The number of imidazole rings is 1. The summed E-state index contributed by atoms with van der Waals surface area (Å²) < 4.78 is 1.70. The van der Waals surface area contributed by atoms with Gasteiger partial charge in [-0.05, 0) is 30.7 Å². The predicted octanol–water partition coefficient (Wildman–Crippen LogP) is 2.89. The molecule has 8 nitrogen and oxygen atoms in total. The Labute approximate surface area is 154 Å². The van der Waals surface area contributed by atoms with E-state index in [1.165, 1.54) is 0 Å². The standard InChI is InChI=1S/C19H20N6O2/c1-2-3-4-9-25-16(26)8-5-12-11-20-18(24-17(12)25)21-13-6-7-14-15(10-13)23-19(27)22-14/h5-8,10-11H,2-4,9H2,1H3,(H,20,21,24)(H2,22,23,27). The zero-order valence-electron chi connectivity index (χ0n) is 15.0. The van der Waals surface area contributed by atoms with Crippen LogP contribution in [0.3, 0.4) is 0 Å². The summed E-state index contributed by atoms with van der Waals surface area (Å²) in [5.41, 5.74) is 2.48. The van der Waals surface area contributed by atoms with Crippen LogP contribution in [0.1, 0.15) is 26.2 Å². The van der Waals surface area contributed by atoms with Crippen molar-refractivity contribution in [1.82, 2.24) is 24.5 Å². The first-order valence-electron chi connectivity index (χ1n) is 9.00. The van der Waals surface area contributed by atoms with Crippen LogP contribution < -0.4 is 16.6 Å². The molecule has 4 aromatic rings. The van der Waals surface area contributed by atoms with Crippen molar-refractivity contribution in [2.75, 3.05) is 5.32 Å². The molecule has 0 aliphatic rings. The summed E-state index contributed by atoms with van der Waals surface area (Å²) >= 11 is 0. The Balaban J connectivity index is 1.69. The average molecular weight is 364 g/mol. The van der Waals surface area contributed by atoms with Gasteiger partial charge in [0.05, 0.1) is 11.0 Å². The Bertz CT molecular complexity index is 1220. The van der Waals surface area contributed by atoms with Crippen molar-refractivity contribution in [3.8, 4) is 0 Å². The fraction of sp³-hybridized carbons (Fsp3) is 0.263. The fourth-order valence-electron chi connectivity index (χ4n) is 3.11. The molecule has 27 heavy (non-hydrogen) atoms. The highest BCUT2D eigenvalue weighted by atomic mass is 16.1. The molecule has 3 heterocycles. The van der Waals surface area contributed by atoms with E-state index in [0.29, 0.717) is 23.7 Å². The minimum atomic E-state index is -0.250. The van der Waals surface area contributed by atoms with Gasteiger partial charge in [-0.3, -0.25) is 9.36 Å². The number of aromatic nitrogens is 5. The number of aromatic amines is 2. The molecule has 0 unspecified atom stereocenters. The number of nitrogens with zero attached hydrogens (tertiary/aromatic N) is 3. The number of pyridine rings is 1. The summed E-state index contributed by atoms with van der Waals surface area (Å²) in [5.74, 6) is 0.398. The van der Waals surface area contributed by atoms with Gasteiger partial charge in [-0.2, -0.15) is 4.98 Å². The molecule has 0 radical (unpaired) electrons. The summed E-state index contributed by atoms with van der Waals surface area (Å²) in [6.45, 7) is 2.77. The molecule has 8 heteroatoms. The van der Waals surface area contributed by atoms with E-state index in [9.17, 15) is 9.59 Å². The van der Waals surface area contributed by atoms with Gasteiger partial charge in [0.1, 0.15) is 5.65 Å². The van der Waals surface area contributed by atoms with Crippen molar-refractivity contribution in [2.24, 2.45) is 0 Å². The zero-order valence-corrected chi connectivity index (χ0v) is 15.0. The molecule has 0 aliphatic carbocycles. The van der Waals surface area contributed by atoms with Crippen LogP contribution >= 0.6 is 0 Å². The van der Waals surface area contributed by atoms with Gasteiger partial charge in [-0.1, -0.05) is 19.8 Å². The van der Waals surface area contributed by atoms with Crippen LogP contribution in [0.2, 0.25) is 0 Å². The second-order valence-electron chi connectivity index (χ2n) is 6.47. The van der Waals surface area contributed by atoms with E-state index < -0.39 is 0 Å². The second-order valence-corrected chi connectivity index (χ2v) is 6.47.